The highest BCUT2D eigenvalue weighted by Crippen LogP contribution is 2.21. The second kappa shape index (κ2) is 8.54. The van der Waals surface area contributed by atoms with Crippen molar-refractivity contribution >= 4 is 16.8 Å². The van der Waals surface area contributed by atoms with E-state index in [0.717, 1.165) is 30.8 Å². The topological polar surface area (TPSA) is 69.3 Å². The zero-order chi connectivity index (χ0) is 18.4. The van der Waals surface area contributed by atoms with E-state index in [0.29, 0.717) is 13.0 Å². The van der Waals surface area contributed by atoms with E-state index in [1.807, 2.05) is 24.3 Å². The number of nitrogens with one attached hydrogen (secondary N) is 1. The molecule has 3 aromatic rings. The monoisotopic (exact) mass is 351 g/mol. The lowest BCUT2D eigenvalue weighted by Crippen LogP contribution is -2.16. The number of primary amides is 1. The minimum Gasteiger partial charge on any atom is -0.497 e. The number of ether oxygens (including phenoxy) is 1. The summed E-state index contributed by atoms with van der Waals surface area (Å²) in [5, 5.41) is 4.73. The maximum atomic E-state index is 11.1. The lowest BCUT2D eigenvalue weighted by molar-refractivity contribution is -0.118. The van der Waals surface area contributed by atoms with Gasteiger partial charge in [-0.1, -0.05) is 30.3 Å². The van der Waals surface area contributed by atoms with Crippen LogP contribution in [0.2, 0.25) is 0 Å². The maximum Gasteiger partial charge on any atom is 0.219 e. The molecule has 0 aliphatic heterocycles. The van der Waals surface area contributed by atoms with Crippen molar-refractivity contribution in [2.24, 2.45) is 5.73 Å². The third kappa shape index (κ3) is 4.43. The Kier molecular flexibility index (Phi) is 5.92. The average molecular weight is 351 g/mol. The van der Waals surface area contributed by atoms with Gasteiger partial charge in [-0.05, 0) is 42.3 Å². The number of benzene rings is 2. The van der Waals surface area contributed by atoms with Crippen molar-refractivity contribution in [1.82, 2.24) is 9.88 Å². The summed E-state index contributed by atoms with van der Waals surface area (Å²) in [7, 11) is 1.68. The van der Waals surface area contributed by atoms with Crippen molar-refractivity contribution in [3.05, 3.63) is 65.9 Å². The molecule has 0 saturated heterocycles. The molecule has 3 N–H and O–H groups in total. The Hall–Kier alpha value is -2.79. The summed E-state index contributed by atoms with van der Waals surface area (Å²) in [6, 6.07) is 16.4. The molecular formula is C21H25N3O2. The van der Waals surface area contributed by atoms with E-state index in [1.54, 1.807) is 7.11 Å². The highest BCUT2D eigenvalue weighted by atomic mass is 16.5. The van der Waals surface area contributed by atoms with Crippen molar-refractivity contribution in [3.8, 4) is 5.75 Å². The van der Waals surface area contributed by atoms with Gasteiger partial charge in [-0.25, -0.2) is 0 Å². The molecule has 0 spiro atoms. The van der Waals surface area contributed by atoms with Crippen LogP contribution in [-0.4, -0.2) is 24.1 Å². The Morgan fingerprint density at radius 1 is 1.15 bits per heavy atom. The molecule has 0 atom stereocenters. The van der Waals surface area contributed by atoms with Gasteiger partial charge < -0.3 is 20.4 Å². The van der Waals surface area contributed by atoms with Crippen LogP contribution in [0.25, 0.3) is 10.9 Å². The standard InChI is InChI=1S/C21H25N3O2/c1-26-18-8-6-16(7-9-18)10-12-23-14-17-15-24(13-11-21(22)25)20-5-3-2-4-19(17)20/h2-9,15,23H,10-14H2,1H3,(H2,22,25). The average Bonchev–Trinajstić information content (AvgIpc) is 3.02. The summed E-state index contributed by atoms with van der Waals surface area (Å²) in [5.41, 5.74) is 8.95. The molecular weight excluding hydrogens is 326 g/mol. The van der Waals surface area contributed by atoms with Crippen molar-refractivity contribution in [1.29, 1.82) is 0 Å². The van der Waals surface area contributed by atoms with Crippen molar-refractivity contribution < 1.29 is 9.53 Å². The molecule has 5 nitrogen and oxygen atoms in total. The van der Waals surface area contributed by atoms with Crippen LogP contribution in [0.15, 0.2) is 54.7 Å². The SMILES string of the molecule is COc1ccc(CCNCc2cn(CCC(N)=O)c3ccccc23)cc1. The number of aryl methyl sites for hydroxylation is 1. The summed E-state index contributed by atoms with van der Waals surface area (Å²) >= 11 is 0. The first-order chi connectivity index (χ1) is 12.7. The van der Waals surface area contributed by atoms with Gasteiger partial charge in [-0.15, -0.1) is 0 Å². The number of amides is 1. The molecule has 136 valence electrons. The van der Waals surface area contributed by atoms with Crippen molar-refractivity contribution in [2.75, 3.05) is 13.7 Å². The van der Waals surface area contributed by atoms with E-state index < -0.39 is 0 Å². The van der Waals surface area contributed by atoms with E-state index >= 15 is 0 Å². The van der Waals surface area contributed by atoms with Crippen LogP contribution in [-0.2, 0) is 24.3 Å². The first-order valence-electron chi connectivity index (χ1n) is 8.86. The lowest BCUT2D eigenvalue weighted by Gasteiger charge is -2.05. The normalized spacial score (nSPS) is 11.0. The van der Waals surface area contributed by atoms with Gasteiger partial charge in [0.05, 0.1) is 7.11 Å². The number of fused-ring (bicyclic) bond motifs is 1. The number of aromatic nitrogens is 1. The Morgan fingerprint density at radius 3 is 2.65 bits per heavy atom. The zero-order valence-electron chi connectivity index (χ0n) is 15.1. The van der Waals surface area contributed by atoms with Gasteiger partial charge in [-0.3, -0.25) is 4.79 Å². The van der Waals surface area contributed by atoms with Crippen LogP contribution < -0.4 is 15.8 Å². The first kappa shape index (κ1) is 18.0. The molecule has 1 aromatic heterocycles. The zero-order valence-corrected chi connectivity index (χ0v) is 15.1. The third-order valence-electron chi connectivity index (χ3n) is 4.54. The molecule has 0 unspecified atom stereocenters. The van der Waals surface area contributed by atoms with E-state index in [4.69, 9.17) is 10.5 Å². The van der Waals surface area contributed by atoms with Gasteiger partial charge in [0.1, 0.15) is 5.75 Å². The number of rotatable bonds is 9. The minimum atomic E-state index is -0.276. The summed E-state index contributed by atoms with van der Waals surface area (Å²) in [5.74, 6) is 0.604. The maximum absolute atomic E-state index is 11.1. The fraction of sp³-hybridized carbons (Fsp3) is 0.286. The molecule has 3 rings (SSSR count). The molecule has 1 heterocycles. The number of methoxy groups -OCH3 is 1. The quantitative estimate of drug-likeness (QED) is 0.583. The van der Waals surface area contributed by atoms with E-state index in [2.05, 4.69) is 40.3 Å². The smallest absolute Gasteiger partial charge is 0.219 e. The first-order valence-corrected chi connectivity index (χ1v) is 8.86. The Balaban J connectivity index is 1.60. The van der Waals surface area contributed by atoms with Gasteiger partial charge >= 0.3 is 0 Å². The molecule has 0 radical (unpaired) electrons. The van der Waals surface area contributed by atoms with E-state index in [9.17, 15) is 4.79 Å². The number of para-hydroxylation sites is 1. The van der Waals surface area contributed by atoms with Gasteiger partial charge in [0.15, 0.2) is 0 Å². The van der Waals surface area contributed by atoms with E-state index in [1.165, 1.54) is 16.5 Å². The number of nitrogens with zero attached hydrogens (tertiary/aromatic N) is 1. The third-order valence-corrected chi connectivity index (χ3v) is 4.54. The fourth-order valence-electron chi connectivity index (χ4n) is 3.13. The van der Waals surface area contributed by atoms with Gasteiger partial charge in [0, 0.05) is 36.6 Å². The number of nitrogens with two attached hydrogens (primary N) is 1. The molecule has 0 aliphatic carbocycles. The number of hydrogen-bond donors (Lipinski definition) is 2. The summed E-state index contributed by atoms with van der Waals surface area (Å²) in [6.45, 7) is 2.30. The fourth-order valence-corrected chi connectivity index (χ4v) is 3.13. The number of carbonyl (C=O) groups excluding carboxylic acids is 1. The highest BCUT2D eigenvalue weighted by Gasteiger charge is 2.08. The molecule has 26 heavy (non-hydrogen) atoms. The second-order valence-electron chi connectivity index (χ2n) is 6.36. The predicted octanol–water partition coefficient (Wildman–Crippen LogP) is 2.86. The number of carbonyl (C=O) groups is 1. The highest BCUT2D eigenvalue weighted by molar-refractivity contribution is 5.84. The molecule has 0 fully saturated rings. The molecule has 0 aliphatic rings. The van der Waals surface area contributed by atoms with Crippen LogP contribution in [0.4, 0.5) is 0 Å². The summed E-state index contributed by atoms with van der Waals surface area (Å²) in [6.07, 6.45) is 3.43. The molecule has 0 bridgehead atoms. The van der Waals surface area contributed by atoms with Crippen LogP contribution in [0.3, 0.4) is 0 Å². The molecule has 0 saturated carbocycles. The van der Waals surface area contributed by atoms with Crippen LogP contribution in [0.1, 0.15) is 17.5 Å². The van der Waals surface area contributed by atoms with Crippen LogP contribution in [0, 0.1) is 0 Å². The molecule has 2 aromatic carbocycles. The van der Waals surface area contributed by atoms with Crippen LogP contribution in [0.5, 0.6) is 5.75 Å². The van der Waals surface area contributed by atoms with Crippen molar-refractivity contribution in [2.45, 2.75) is 25.9 Å². The molecule has 1 amide bonds. The van der Waals surface area contributed by atoms with Gasteiger partial charge in [-0.2, -0.15) is 0 Å². The Morgan fingerprint density at radius 2 is 1.92 bits per heavy atom. The summed E-state index contributed by atoms with van der Waals surface area (Å²) < 4.78 is 7.30. The van der Waals surface area contributed by atoms with Crippen LogP contribution >= 0.6 is 0 Å². The Labute approximate surface area is 153 Å². The largest absolute Gasteiger partial charge is 0.497 e. The second-order valence-corrected chi connectivity index (χ2v) is 6.36. The van der Waals surface area contributed by atoms with Gasteiger partial charge in [0.2, 0.25) is 5.91 Å². The Bertz CT molecular complexity index is 869. The predicted molar refractivity (Wildman–Crippen MR) is 104 cm³/mol. The summed E-state index contributed by atoms with van der Waals surface area (Å²) in [4.78, 5) is 11.1. The van der Waals surface area contributed by atoms with Crippen molar-refractivity contribution in [3.63, 3.8) is 0 Å². The lowest BCUT2D eigenvalue weighted by atomic mass is 10.1. The van der Waals surface area contributed by atoms with Gasteiger partial charge in [0.25, 0.3) is 0 Å². The number of hydrogen-bond acceptors (Lipinski definition) is 3. The molecule has 5 heteroatoms. The minimum absolute atomic E-state index is 0.276. The van der Waals surface area contributed by atoms with E-state index in [-0.39, 0.29) is 5.91 Å².